The molecule has 0 aliphatic carbocycles. The van der Waals surface area contributed by atoms with E-state index >= 15 is 0 Å². The Morgan fingerprint density at radius 1 is 1.21 bits per heavy atom. The third-order valence-corrected chi connectivity index (χ3v) is 5.44. The fraction of sp³-hybridized carbons (Fsp3) is 0.364. The van der Waals surface area contributed by atoms with Crippen molar-refractivity contribution in [2.24, 2.45) is 5.92 Å². The molecule has 0 unspecified atom stereocenters. The number of amides is 1. The molecule has 0 bridgehead atoms. The summed E-state index contributed by atoms with van der Waals surface area (Å²) >= 11 is 0. The summed E-state index contributed by atoms with van der Waals surface area (Å²) in [6.45, 7) is 4.76. The topological polar surface area (TPSA) is 58.9 Å². The second-order valence-electron chi connectivity index (χ2n) is 7.42. The van der Waals surface area contributed by atoms with Gasteiger partial charge in [0, 0.05) is 18.7 Å². The van der Waals surface area contributed by atoms with Crippen LogP contribution in [0.2, 0.25) is 0 Å². The van der Waals surface area contributed by atoms with Crippen molar-refractivity contribution in [2.45, 2.75) is 26.3 Å². The second kappa shape index (κ2) is 8.02. The lowest BCUT2D eigenvalue weighted by molar-refractivity contribution is -0.121. The molecule has 0 spiro atoms. The van der Waals surface area contributed by atoms with Crippen molar-refractivity contribution in [2.75, 3.05) is 25.5 Å². The van der Waals surface area contributed by atoms with E-state index in [1.807, 2.05) is 36.5 Å². The van der Waals surface area contributed by atoms with Gasteiger partial charge in [-0.15, -0.1) is 0 Å². The molecule has 1 aliphatic heterocycles. The summed E-state index contributed by atoms with van der Waals surface area (Å²) in [5.74, 6) is 0.802. The van der Waals surface area contributed by atoms with Crippen LogP contribution in [0.5, 0.6) is 5.75 Å². The number of methoxy groups -OCH3 is 1. The molecular weight excluding hydrogens is 352 g/mol. The van der Waals surface area contributed by atoms with Gasteiger partial charge < -0.3 is 14.5 Å². The number of rotatable bonds is 5. The fourth-order valence-corrected chi connectivity index (χ4v) is 3.82. The number of pyridine rings is 1. The first-order chi connectivity index (χ1) is 13.6. The van der Waals surface area contributed by atoms with Gasteiger partial charge in [-0.1, -0.05) is 18.2 Å². The van der Waals surface area contributed by atoms with E-state index in [-0.39, 0.29) is 11.8 Å². The molecule has 1 aromatic carbocycles. The van der Waals surface area contributed by atoms with E-state index < -0.39 is 0 Å². The van der Waals surface area contributed by atoms with Gasteiger partial charge in [-0.2, -0.15) is 0 Å². The first-order valence-electron chi connectivity index (χ1n) is 9.73. The predicted octanol–water partition coefficient (Wildman–Crippen LogP) is 3.50. The molecule has 28 heavy (non-hydrogen) atoms. The maximum Gasteiger partial charge on any atom is 0.227 e. The predicted molar refractivity (Wildman–Crippen MR) is 110 cm³/mol. The Hall–Kier alpha value is -2.86. The quantitative estimate of drug-likeness (QED) is 0.738. The third kappa shape index (κ3) is 3.87. The van der Waals surface area contributed by atoms with Crippen LogP contribution in [0.15, 0.2) is 48.8 Å². The van der Waals surface area contributed by atoms with Gasteiger partial charge in [-0.3, -0.25) is 9.69 Å². The van der Waals surface area contributed by atoms with Crippen molar-refractivity contribution in [1.82, 2.24) is 14.3 Å². The molecule has 6 heteroatoms. The van der Waals surface area contributed by atoms with Crippen molar-refractivity contribution >= 4 is 17.2 Å². The minimum atomic E-state index is 0.0330. The molecule has 4 rings (SSSR count). The highest BCUT2D eigenvalue weighted by atomic mass is 16.5. The number of likely N-dealkylation sites (tertiary alicyclic amines) is 1. The van der Waals surface area contributed by atoms with Crippen LogP contribution in [-0.2, 0) is 11.3 Å². The molecule has 3 aromatic rings. The molecule has 0 radical (unpaired) electrons. The van der Waals surface area contributed by atoms with E-state index in [2.05, 4.69) is 38.8 Å². The lowest BCUT2D eigenvalue weighted by Gasteiger charge is -2.31. The average Bonchev–Trinajstić information content (AvgIpc) is 3.10. The number of ether oxygens (including phenoxy) is 1. The van der Waals surface area contributed by atoms with Crippen LogP contribution in [-0.4, -0.2) is 40.4 Å². The number of nitrogens with zero attached hydrogens (tertiary/aromatic N) is 3. The zero-order valence-electron chi connectivity index (χ0n) is 16.4. The molecule has 1 amide bonds. The fourth-order valence-electron chi connectivity index (χ4n) is 3.82. The number of nitrogens with one attached hydrogen (secondary N) is 1. The molecule has 3 heterocycles. The van der Waals surface area contributed by atoms with Crippen molar-refractivity contribution in [3.63, 3.8) is 0 Å². The van der Waals surface area contributed by atoms with E-state index in [1.54, 1.807) is 7.11 Å². The van der Waals surface area contributed by atoms with Crippen molar-refractivity contribution < 1.29 is 9.53 Å². The van der Waals surface area contributed by atoms with Gasteiger partial charge in [0.15, 0.2) is 0 Å². The Morgan fingerprint density at radius 3 is 2.79 bits per heavy atom. The Labute approximate surface area is 165 Å². The molecule has 0 atom stereocenters. The molecule has 2 aromatic heterocycles. The molecule has 1 aliphatic rings. The monoisotopic (exact) mass is 378 g/mol. The van der Waals surface area contributed by atoms with Crippen LogP contribution in [0.25, 0.3) is 5.65 Å². The van der Waals surface area contributed by atoms with E-state index in [1.165, 1.54) is 11.3 Å². The summed E-state index contributed by atoms with van der Waals surface area (Å²) in [7, 11) is 1.62. The summed E-state index contributed by atoms with van der Waals surface area (Å²) in [6, 6.07) is 11.7. The Morgan fingerprint density at radius 2 is 2.00 bits per heavy atom. The largest absolute Gasteiger partial charge is 0.495 e. The number of carbonyl (C=O) groups is 1. The van der Waals surface area contributed by atoms with E-state index in [9.17, 15) is 4.79 Å². The number of piperidine rings is 1. The maximum absolute atomic E-state index is 12.7. The van der Waals surface area contributed by atoms with Crippen LogP contribution < -0.4 is 10.1 Å². The number of hydrogen-bond acceptors (Lipinski definition) is 4. The standard InChI is InChI=1S/C22H26N4O2/c1-16-7-8-21-23-13-18(26(21)14-16)15-25-11-9-17(10-12-25)22(27)24-19-5-3-4-6-20(19)28-2/h3-8,13-14,17H,9-12,15H2,1-2H3,(H,24,27). The Kier molecular flexibility index (Phi) is 5.30. The van der Waals surface area contributed by atoms with Gasteiger partial charge in [0.1, 0.15) is 11.4 Å². The SMILES string of the molecule is COc1ccccc1NC(=O)C1CCN(Cc2cnc3ccc(C)cn23)CC1. The van der Waals surface area contributed by atoms with Crippen molar-refractivity contribution in [3.8, 4) is 5.75 Å². The first kappa shape index (κ1) is 18.5. The van der Waals surface area contributed by atoms with Crippen LogP contribution >= 0.6 is 0 Å². The van der Waals surface area contributed by atoms with Crippen LogP contribution in [0.1, 0.15) is 24.1 Å². The number of anilines is 1. The van der Waals surface area contributed by atoms with E-state index in [0.29, 0.717) is 5.75 Å². The molecule has 0 saturated carbocycles. The number of carbonyl (C=O) groups excluding carboxylic acids is 1. The second-order valence-corrected chi connectivity index (χ2v) is 7.42. The molecule has 1 saturated heterocycles. The highest BCUT2D eigenvalue weighted by Crippen LogP contribution is 2.26. The number of aromatic nitrogens is 2. The normalized spacial score (nSPS) is 15.6. The lowest BCUT2D eigenvalue weighted by atomic mass is 9.95. The molecule has 146 valence electrons. The lowest BCUT2D eigenvalue weighted by Crippen LogP contribution is -2.38. The number of fused-ring (bicyclic) bond motifs is 1. The average molecular weight is 378 g/mol. The summed E-state index contributed by atoms with van der Waals surface area (Å²) in [4.78, 5) is 19.6. The highest BCUT2D eigenvalue weighted by Gasteiger charge is 2.26. The van der Waals surface area contributed by atoms with Crippen LogP contribution in [0.3, 0.4) is 0 Å². The minimum Gasteiger partial charge on any atom is -0.495 e. The summed E-state index contributed by atoms with van der Waals surface area (Å²) in [5.41, 5.74) is 4.12. The van der Waals surface area contributed by atoms with Crippen molar-refractivity contribution in [3.05, 3.63) is 60.0 Å². The zero-order valence-corrected chi connectivity index (χ0v) is 16.4. The van der Waals surface area contributed by atoms with E-state index in [0.717, 1.165) is 43.8 Å². The number of hydrogen-bond donors (Lipinski definition) is 1. The van der Waals surface area contributed by atoms with Crippen LogP contribution in [0, 0.1) is 12.8 Å². The smallest absolute Gasteiger partial charge is 0.227 e. The van der Waals surface area contributed by atoms with Gasteiger partial charge >= 0.3 is 0 Å². The summed E-state index contributed by atoms with van der Waals surface area (Å²) in [6.07, 6.45) is 5.80. The van der Waals surface area contributed by atoms with Crippen LogP contribution in [0.4, 0.5) is 5.69 Å². The zero-order chi connectivity index (χ0) is 19.5. The minimum absolute atomic E-state index is 0.0330. The number of imidazole rings is 1. The number of aryl methyl sites for hydroxylation is 1. The van der Waals surface area contributed by atoms with Gasteiger partial charge in [-0.05, 0) is 56.6 Å². The van der Waals surface area contributed by atoms with E-state index in [4.69, 9.17) is 4.74 Å². The third-order valence-electron chi connectivity index (χ3n) is 5.44. The molecule has 1 fully saturated rings. The maximum atomic E-state index is 12.7. The number of benzene rings is 1. The van der Waals surface area contributed by atoms with Gasteiger partial charge in [0.05, 0.1) is 24.7 Å². The Bertz CT molecular complexity index is 974. The number of para-hydroxylation sites is 2. The van der Waals surface area contributed by atoms with Gasteiger partial charge in [-0.25, -0.2) is 4.98 Å². The van der Waals surface area contributed by atoms with Gasteiger partial charge in [0.25, 0.3) is 0 Å². The van der Waals surface area contributed by atoms with Crippen molar-refractivity contribution in [1.29, 1.82) is 0 Å². The summed E-state index contributed by atoms with van der Waals surface area (Å²) in [5, 5.41) is 3.03. The molecule has 1 N–H and O–H groups in total. The van der Waals surface area contributed by atoms with Gasteiger partial charge in [0.2, 0.25) is 5.91 Å². The molecular formula is C22H26N4O2. The summed E-state index contributed by atoms with van der Waals surface area (Å²) < 4.78 is 7.48. The molecule has 6 nitrogen and oxygen atoms in total. The first-order valence-corrected chi connectivity index (χ1v) is 9.73. The highest BCUT2D eigenvalue weighted by molar-refractivity contribution is 5.94. The Balaban J connectivity index is 1.35.